The highest BCUT2D eigenvalue weighted by molar-refractivity contribution is 7.07. The Kier molecular flexibility index (Phi) is 5.12. The molecule has 0 aliphatic heterocycles. The Hall–Kier alpha value is -3.85. The molecule has 29 heavy (non-hydrogen) atoms. The van der Waals surface area contributed by atoms with Gasteiger partial charge >= 0.3 is 0 Å². The molecule has 2 aromatic carbocycles. The van der Waals surface area contributed by atoms with Crippen molar-refractivity contribution < 1.29 is 9.66 Å². The lowest BCUT2D eigenvalue weighted by molar-refractivity contribution is -0.384. The number of hydrogen-bond donors (Lipinski definition) is 0. The summed E-state index contributed by atoms with van der Waals surface area (Å²) >= 11 is 1.43. The van der Waals surface area contributed by atoms with E-state index in [9.17, 15) is 10.1 Å². The first kappa shape index (κ1) is 18.5. The first-order valence-corrected chi connectivity index (χ1v) is 9.45. The second-order valence-electron chi connectivity index (χ2n) is 5.90. The standard InChI is InChI=1S/C20H15N5O3S/c1-28-17-9-7-15(8-10-17)24-18(14-3-5-16(6-4-14)25(26)27)13-29-20(24)23-19-21-11-2-12-22-19/h2-13H,1H3. The molecule has 0 fully saturated rings. The number of benzene rings is 2. The van der Waals surface area contributed by atoms with Crippen molar-refractivity contribution >= 4 is 23.0 Å². The maximum atomic E-state index is 11.0. The van der Waals surface area contributed by atoms with E-state index >= 15 is 0 Å². The average molecular weight is 405 g/mol. The van der Waals surface area contributed by atoms with Crippen LogP contribution in [0, 0.1) is 10.1 Å². The van der Waals surface area contributed by atoms with E-state index in [0.717, 1.165) is 22.7 Å². The molecule has 0 N–H and O–H groups in total. The molecule has 144 valence electrons. The zero-order valence-corrected chi connectivity index (χ0v) is 16.1. The fourth-order valence-electron chi connectivity index (χ4n) is 2.76. The number of aromatic nitrogens is 3. The first-order valence-electron chi connectivity index (χ1n) is 8.57. The van der Waals surface area contributed by atoms with E-state index in [2.05, 4.69) is 15.0 Å². The lowest BCUT2D eigenvalue weighted by Gasteiger charge is -2.10. The van der Waals surface area contributed by atoms with Crippen molar-refractivity contribution in [3.8, 4) is 22.7 Å². The Morgan fingerprint density at radius 2 is 1.76 bits per heavy atom. The number of hydrogen-bond acceptors (Lipinski definition) is 7. The van der Waals surface area contributed by atoms with Crippen LogP contribution in [0.2, 0.25) is 0 Å². The van der Waals surface area contributed by atoms with Crippen LogP contribution in [0.25, 0.3) is 16.9 Å². The van der Waals surface area contributed by atoms with Gasteiger partial charge in [-0.3, -0.25) is 14.7 Å². The summed E-state index contributed by atoms with van der Waals surface area (Å²) < 4.78 is 7.21. The number of nitrogens with zero attached hydrogens (tertiary/aromatic N) is 5. The van der Waals surface area contributed by atoms with E-state index in [1.54, 1.807) is 37.7 Å². The van der Waals surface area contributed by atoms with E-state index in [4.69, 9.17) is 4.74 Å². The Morgan fingerprint density at radius 3 is 2.38 bits per heavy atom. The topological polar surface area (TPSA) is 95.4 Å². The van der Waals surface area contributed by atoms with Crippen LogP contribution in [0.15, 0.2) is 77.4 Å². The minimum absolute atomic E-state index is 0.0440. The third-order valence-electron chi connectivity index (χ3n) is 4.16. The highest BCUT2D eigenvalue weighted by Crippen LogP contribution is 2.26. The quantitative estimate of drug-likeness (QED) is 0.367. The number of rotatable bonds is 5. The highest BCUT2D eigenvalue weighted by atomic mass is 32.1. The summed E-state index contributed by atoms with van der Waals surface area (Å²) in [5, 5.41) is 12.9. The van der Waals surface area contributed by atoms with Gasteiger partial charge in [-0.05, 0) is 48.0 Å². The number of methoxy groups -OCH3 is 1. The molecule has 0 unspecified atom stereocenters. The molecule has 0 saturated carbocycles. The largest absolute Gasteiger partial charge is 0.497 e. The predicted molar refractivity (Wildman–Crippen MR) is 110 cm³/mol. The van der Waals surface area contributed by atoms with Crippen LogP contribution in [0.4, 0.5) is 11.6 Å². The minimum Gasteiger partial charge on any atom is -0.497 e. The smallest absolute Gasteiger partial charge is 0.269 e. The van der Waals surface area contributed by atoms with Gasteiger partial charge in [-0.1, -0.05) is 0 Å². The van der Waals surface area contributed by atoms with Crippen LogP contribution in [-0.2, 0) is 0 Å². The van der Waals surface area contributed by atoms with Gasteiger partial charge in [0.15, 0.2) is 4.80 Å². The van der Waals surface area contributed by atoms with Gasteiger partial charge in [0.05, 0.1) is 17.7 Å². The SMILES string of the molecule is COc1ccc(-n2c(-c3ccc([N+](=O)[O-])cc3)csc2=Nc2ncccn2)cc1. The molecule has 0 aliphatic rings. The van der Waals surface area contributed by atoms with Gasteiger partial charge in [0.2, 0.25) is 0 Å². The Labute approximate surface area is 169 Å². The number of nitro groups is 1. The third kappa shape index (κ3) is 3.90. The van der Waals surface area contributed by atoms with Crippen molar-refractivity contribution in [3.05, 3.63) is 87.3 Å². The summed E-state index contributed by atoms with van der Waals surface area (Å²) in [6.45, 7) is 0. The molecule has 4 aromatic rings. The first-order chi connectivity index (χ1) is 14.2. The molecule has 9 heteroatoms. The van der Waals surface area contributed by atoms with Crippen LogP contribution in [-0.4, -0.2) is 26.6 Å². The Morgan fingerprint density at radius 1 is 1.07 bits per heavy atom. The van der Waals surface area contributed by atoms with Gasteiger partial charge in [-0.25, -0.2) is 9.97 Å². The zero-order chi connectivity index (χ0) is 20.2. The number of nitro benzene ring substituents is 1. The number of thiazole rings is 1. The van der Waals surface area contributed by atoms with E-state index in [-0.39, 0.29) is 5.69 Å². The van der Waals surface area contributed by atoms with Gasteiger partial charge in [0, 0.05) is 35.6 Å². The number of non-ortho nitro benzene ring substituents is 1. The monoisotopic (exact) mass is 405 g/mol. The molecule has 0 radical (unpaired) electrons. The fraction of sp³-hybridized carbons (Fsp3) is 0.0500. The molecular weight excluding hydrogens is 390 g/mol. The third-order valence-corrected chi connectivity index (χ3v) is 4.99. The van der Waals surface area contributed by atoms with Gasteiger partial charge in [-0.2, -0.15) is 4.99 Å². The van der Waals surface area contributed by atoms with Crippen molar-refractivity contribution in [3.63, 3.8) is 0 Å². The predicted octanol–water partition coefficient (Wildman–Crippen LogP) is 4.15. The summed E-state index contributed by atoms with van der Waals surface area (Å²) in [6, 6.07) is 15.7. The fourth-order valence-corrected chi connectivity index (χ4v) is 3.66. The van der Waals surface area contributed by atoms with Crippen LogP contribution >= 0.6 is 11.3 Å². The normalized spacial score (nSPS) is 11.4. The lowest BCUT2D eigenvalue weighted by atomic mass is 10.1. The van der Waals surface area contributed by atoms with Crippen LogP contribution < -0.4 is 9.54 Å². The molecule has 0 atom stereocenters. The molecule has 8 nitrogen and oxygen atoms in total. The van der Waals surface area contributed by atoms with E-state index in [0.29, 0.717) is 10.7 Å². The van der Waals surface area contributed by atoms with Crippen LogP contribution in [0.1, 0.15) is 0 Å². The lowest BCUT2D eigenvalue weighted by Crippen LogP contribution is -2.14. The van der Waals surface area contributed by atoms with E-state index in [1.165, 1.54) is 23.5 Å². The molecule has 2 aromatic heterocycles. The van der Waals surface area contributed by atoms with Crippen molar-refractivity contribution in [2.45, 2.75) is 0 Å². The average Bonchev–Trinajstić information content (AvgIpc) is 3.18. The van der Waals surface area contributed by atoms with Gasteiger partial charge in [0.25, 0.3) is 11.6 Å². The van der Waals surface area contributed by atoms with Crippen molar-refractivity contribution in [1.82, 2.24) is 14.5 Å². The molecule has 2 heterocycles. The summed E-state index contributed by atoms with van der Waals surface area (Å²) in [7, 11) is 1.61. The van der Waals surface area contributed by atoms with Crippen LogP contribution in [0.5, 0.6) is 5.75 Å². The maximum absolute atomic E-state index is 11.0. The van der Waals surface area contributed by atoms with Gasteiger partial charge in [-0.15, -0.1) is 11.3 Å². The van der Waals surface area contributed by atoms with Crippen molar-refractivity contribution in [1.29, 1.82) is 0 Å². The zero-order valence-electron chi connectivity index (χ0n) is 15.3. The van der Waals surface area contributed by atoms with Crippen LogP contribution in [0.3, 0.4) is 0 Å². The molecule has 0 aliphatic carbocycles. The van der Waals surface area contributed by atoms with E-state index < -0.39 is 4.92 Å². The van der Waals surface area contributed by atoms with Crippen molar-refractivity contribution in [2.24, 2.45) is 4.99 Å². The molecular formula is C20H15N5O3S. The summed E-state index contributed by atoms with van der Waals surface area (Å²) in [4.78, 5) is 24.1. The van der Waals surface area contributed by atoms with Crippen molar-refractivity contribution in [2.75, 3.05) is 7.11 Å². The molecule has 4 rings (SSSR count). The Bertz CT molecular complexity index is 1200. The molecule has 0 bridgehead atoms. The summed E-state index contributed by atoms with van der Waals surface area (Å²) in [6.07, 6.45) is 3.27. The Balaban J connectivity index is 1.89. The van der Waals surface area contributed by atoms with E-state index in [1.807, 2.05) is 34.2 Å². The second-order valence-corrected chi connectivity index (χ2v) is 6.74. The summed E-state index contributed by atoms with van der Waals surface area (Å²) in [5.41, 5.74) is 2.60. The van der Waals surface area contributed by atoms with Gasteiger partial charge < -0.3 is 4.74 Å². The maximum Gasteiger partial charge on any atom is 0.269 e. The molecule has 0 amide bonds. The molecule has 0 spiro atoms. The highest BCUT2D eigenvalue weighted by Gasteiger charge is 2.13. The minimum atomic E-state index is -0.414. The number of ether oxygens (including phenoxy) is 1. The molecule has 0 saturated heterocycles. The second kappa shape index (κ2) is 8.03. The summed E-state index contributed by atoms with van der Waals surface area (Å²) in [5.74, 6) is 1.10. The van der Waals surface area contributed by atoms with Gasteiger partial charge in [0.1, 0.15) is 5.75 Å².